The van der Waals surface area contributed by atoms with Gasteiger partial charge in [-0.2, -0.15) is 0 Å². The highest BCUT2D eigenvalue weighted by atomic mass is 15.2. The Morgan fingerprint density at radius 3 is 2.44 bits per heavy atom. The first-order chi connectivity index (χ1) is 8.81. The molecule has 1 aliphatic carbocycles. The molecule has 1 N–H and O–H groups in total. The fraction of sp³-hybridized carbons (Fsp3) is 1.00. The molecule has 0 amide bonds. The van der Waals surface area contributed by atoms with Gasteiger partial charge in [-0.3, -0.25) is 0 Å². The second-order valence-electron chi connectivity index (χ2n) is 6.49. The van der Waals surface area contributed by atoms with Crippen molar-refractivity contribution in [1.29, 1.82) is 0 Å². The van der Waals surface area contributed by atoms with E-state index in [9.17, 15) is 0 Å². The molecule has 0 aromatic rings. The molecule has 1 heterocycles. The first-order valence-corrected chi connectivity index (χ1v) is 8.30. The lowest BCUT2D eigenvalue weighted by atomic mass is 9.90. The molecule has 1 aliphatic heterocycles. The lowest BCUT2D eigenvalue weighted by Crippen LogP contribution is -2.51. The zero-order valence-electron chi connectivity index (χ0n) is 12.5. The third-order valence-corrected chi connectivity index (χ3v) is 4.68. The van der Waals surface area contributed by atoms with E-state index in [2.05, 4.69) is 24.1 Å². The number of hydrogen-bond donors (Lipinski definition) is 1. The molecule has 0 bridgehead atoms. The molecule has 1 saturated carbocycles. The molecule has 2 rings (SSSR count). The Bertz CT molecular complexity index is 209. The van der Waals surface area contributed by atoms with Crippen LogP contribution in [-0.4, -0.2) is 36.6 Å². The summed E-state index contributed by atoms with van der Waals surface area (Å²) in [5.74, 6) is 0.939. The van der Waals surface area contributed by atoms with Crippen LogP contribution in [0.5, 0.6) is 0 Å². The third-order valence-electron chi connectivity index (χ3n) is 4.68. The molecule has 2 fully saturated rings. The number of hydrogen-bond acceptors (Lipinski definition) is 2. The summed E-state index contributed by atoms with van der Waals surface area (Å²) in [5, 5.41) is 3.95. The summed E-state index contributed by atoms with van der Waals surface area (Å²) in [6, 6.07) is 1.60. The Morgan fingerprint density at radius 1 is 1.00 bits per heavy atom. The summed E-state index contributed by atoms with van der Waals surface area (Å²) in [7, 11) is 0. The Hall–Kier alpha value is -0.0800. The van der Waals surface area contributed by atoms with Gasteiger partial charge in [0.05, 0.1) is 0 Å². The van der Waals surface area contributed by atoms with Crippen LogP contribution in [0, 0.1) is 5.92 Å². The predicted octanol–water partition coefficient (Wildman–Crippen LogP) is 3.42. The smallest absolute Gasteiger partial charge is 0.0200 e. The quantitative estimate of drug-likeness (QED) is 0.779. The minimum absolute atomic E-state index is 0.768. The fourth-order valence-corrected chi connectivity index (χ4v) is 3.97. The van der Waals surface area contributed by atoms with Gasteiger partial charge in [0.15, 0.2) is 0 Å². The number of nitrogens with one attached hydrogen (secondary N) is 1. The molecule has 18 heavy (non-hydrogen) atoms. The van der Waals surface area contributed by atoms with Crippen LogP contribution in [0.1, 0.15) is 65.2 Å². The third kappa shape index (κ3) is 4.24. The van der Waals surface area contributed by atoms with E-state index < -0.39 is 0 Å². The summed E-state index contributed by atoms with van der Waals surface area (Å²) < 4.78 is 0. The van der Waals surface area contributed by atoms with Crippen molar-refractivity contribution >= 4 is 0 Å². The molecule has 0 aromatic carbocycles. The molecule has 1 saturated heterocycles. The molecule has 0 aromatic heterocycles. The van der Waals surface area contributed by atoms with Gasteiger partial charge in [-0.25, -0.2) is 0 Å². The van der Waals surface area contributed by atoms with Gasteiger partial charge >= 0.3 is 0 Å². The number of piperidine rings is 1. The van der Waals surface area contributed by atoms with Crippen LogP contribution in [0.15, 0.2) is 0 Å². The fourth-order valence-electron chi connectivity index (χ4n) is 3.97. The number of likely N-dealkylation sites (tertiary alicyclic amines) is 1. The van der Waals surface area contributed by atoms with Crippen LogP contribution < -0.4 is 5.32 Å². The van der Waals surface area contributed by atoms with Crippen molar-refractivity contribution in [2.75, 3.05) is 19.6 Å². The van der Waals surface area contributed by atoms with Crippen molar-refractivity contribution < 1.29 is 0 Å². The van der Waals surface area contributed by atoms with Gasteiger partial charge in [-0.05, 0) is 44.6 Å². The molecule has 106 valence electrons. The number of rotatable bonds is 6. The second-order valence-corrected chi connectivity index (χ2v) is 6.49. The van der Waals surface area contributed by atoms with Crippen LogP contribution in [-0.2, 0) is 0 Å². The molecular weight excluding hydrogens is 220 g/mol. The van der Waals surface area contributed by atoms with E-state index in [0.29, 0.717) is 0 Å². The zero-order valence-corrected chi connectivity index (χ0v) is 12.5. The van der Waals surface area contributed by atoms with Gasteiger partial charge in [0.2, 0.25) is 0 Å². The van der Waals surface area contributed by atoms with Crippen molar-refractivity contribution in [3.05, 3.63) is 0 Å². The van der Waals surface area contributed by atoms with Crippen LogP contribution in [0.2, 0.25) is 0 Å². The highest BCUT2D eigenvalue weighted by Crippen LogP contribution is 2.24. The van der Waals surface area contributed by atoms with Gasteiger partial charge < -0.3 is 10.2 Å². The van der Waals surface area contributed by atoms with Gasteiger partial charge in [-0.1, -0.05) is 33.1 Å². The van der Waals surface area contributed by atoms with Crippen LogP contribution >= 0.6 is 0 Å². The van der Waals surface area contributed by atoms with Gasteiger partial charge in [0, 0.05) is 25.2 Å². The predicted molar refractivity (Wildman–Crippen MR) is 78.9 cm³/mol. The average Bonchev–Trinajstić information content (AvgIpc) is 2.82. The van der Waals surface area contributed by atoms with E-state index in [4.69, 9.17) is 0 Å². The van der Waals surface area contributed by atoms with E-state index in [1.807, 2.05) is 0 Å². The minimum Gasteiger partial charge on any atom is -0.310 e. The van der Waals surface area contributed by atoms with Gasteiger partial charge in [0.25, 0.3) is 0 Å². The molecular formula is C16H32N2. The summed E-state index contributed by atoms with van der Waals surface area (Å²) in [5.41, 5.74) is 0. The van der Waals surface area contributed by atoms with Gasteiger partial charge in [0.1, 0.15) is 0 Å². The lowest BCUT2D eigenvalue weighted by molar-refractivity contribution is 0.130. The normalized spacial score (nSPS) is 31.0. The average molecular weight is 252 g/mol. The maximum absolute atomic E-state index is 3.95. The van der Waals surface area contributed by atoms with Crippen LogP contribution in [0.25, 0.3) is 0 Å². The summed E-state index contributed by atoms with van der Waals surface area (Å²) >= 11 is 0. The van der Waals surface area contributed by atoms with Crippen LogP contribution in [0.4, 0.5) is 0 Å². The SMILES string of the molecule is CCCC1CC(NC2CCCC2)CN(CCC)C1. The van der Waals surface area contributed by atoms with E-state index >= 15 is 0 Å². The van der Waals surface area contributed by atoms with E-state index in [1.54, 1.807) is 0 Å². The molecule has 2 atom stereocenters. The Balaban J connectivity index is 1.83. The molecule has 2 unspecified atom stereocenters. The van der Waals surface area contributed by atoms with Gasteiger partial charge in [-0.15, -0.1) is 0 Å². The first-order valence-electron chi connectivity index (χ1n) is 8.30. The van der Waals surface area contributed by atoms with E-state index in [1.165, 1.54) is 71.0 Å². The summed E-state index contributed by atoms with van der Waals surface area (Å²) in [6.07, 6.45) is 11.2. The molecule has 2 heteroatoms. The van der Waals surface area contributed by atoms with Crippen molar-refractivity contribution in [3.63, 3.8) is 0 Å². The van der Waals surface area contributed by atoms with Crippen LogP contribution in [0.3, 0.4) is 0 Å². The molecule has 0 spiro atoms. The van der Waals surface area contributed by atoms with Crippen molar-refractivity contribution in [1.82, 2.24) is 10.2 Å². The number of nitrogens with zero attached hydrogens (tertiary/aromatic N) is 1. The summed E-state index contributed by atoms with van der Waals surface area (Å²) in [4.78, 5) is 2.70. The largest absolute Gasteiger partial charge is 0.310 e. The topological polar surface area (TPSA) is 15.3 Å². The molecule has 0 radical (unpaired) electrons. The van der Waals surface area contributed by atoms with E-state index in [0.717, 1.165) is 18.0 Å². The van der Waals surface area contributed by atoms with Crippen molar-refractivity contribution in [3.8, 4) is 0 Å². The Kier molecular flexibility index (Phi) is 5.97. The maximum atomic E-state index is 3.95. The van der Waals surface area contributed by atoms with Crippen molar-refractivity contribution in [2.45, 2.75) is 77.3 Å². The lowest BCUT2D eigenvalue weighted by Gasteiger charge is -2.39. The highest BCUT2D eigenvalue weighted by molar-refractivity contribution is 4.87. The maximum Gasteiger partial charge on any atom is 0.0200 e. The Labute approximate surface area is 114 Å². The monoisotopic (exact) mass is 252 g/mol. The second kappa shape index (κ2) is 7.49. The molecule has 2 aliphatic rings. The molecule has 2 nitrogen and oxygen atoms in total. The standard InChI is InChI=1S/C16H32N2/c1-3-7-14-11-16(13-18(12-14)10-4-2)17-15-8-5-6-9-15/h14-17H,3-13H2,1-2H3. The summed E-state index contributed by atoms with van der Waals surface area (Å²) in [6.45, 7) is 8.58. The first kappa shape index (κ1) is 14.3. The van der Waals surface area contributed by atoms with Crippen molar-refractivity contribution in [2.24, 2.45) is 5.92 Å². The minimum atomic E-state index is 0.768. The highest BCUT2D eigenvalue weighted by Gasteiger charge is 2.28. The Morgan fingerprint density at radius 2 is 1.78 bits per heavy atom. The zero-order chi connectivity index (χ0) is 12.8. The van der Waals surface area contributed by atoms with E-state index in [-0.39, 0.29) is 0 Å².